The molecule has 0 fully saturated rings. The molecule has 0 radical (unpaired) electrons. The van der Waals surface area contributed by atoms with Crippen LogP contribution in [0.25, 0.3) is 0 Å². The van der Waals surface area contributed by atoms with Crippen molar-refractivity contribution in [1.82, 2.24) is 4.98 Å². The second kappa shape index (κ2) is 6.38. The van der Waals surface area contributed by atoms with Gasteiger partial charge in [-0.25, -0.2) is 4.98 Å². The zero-order valence-electron chi connectivity index (χ0n) is 10.9. The van der Waals surface area contributed by atoms with E-state index in [0.717, 1.165) is 15.8 Å². The fourth-order valence-corrected chi connectivity index (χ4v) is 2.16. The van der Waals surface area contributed by atoms with Crippen molar-refractivity contribution < 1.29 is 9.53 Å². The molecule has 1 aromatic carbocycles. The number of amides is 1. The molecule has 1 heterocycles. The lowest BCUT2D eigenvalue weighted by Gasteiger charge is -2.11. The fourth-order valence-electron chi connectivity index (χ4n) is 1.75. The first kappa shape index (κ1) is 14.3. The number of hydrogen-bond acceptors (Lipinski definition) is 4. The summed E-state index contributed by atoms with van der Waals surface area (Å²) in [6.07, 6.45) is 1.54. The highest BCUT2D eigenvalue weighted by molar-refractivity contribution is 9.10. The molecule has 0 aliphatic heterocycles. The van der Waals surface area contributed by atoms with E-state index in [1.165, 1.54) is 0 Å². The normalized spacial score (nSPS) is 10.1. The maximum Gasteiger partial charge on any atom is 0.248 e. The predicted molar refractivity (Wildman–Crippen MR) is 80.8 cm³/mol. The van der Waals surface area contributed by atoms with Crippen molar-refractivity contribution in [3.63, 3.8) is 0 Å². The molecule has 2 aromatic rings. The molecule has 6 heteroatoms. The van der Waals surface area contributed by atoms with Crippen LogP contribution in [-0.2, 0) is 6.54 Å². The van der Waals surface area contributed by atoms with Crippen molar-refractivity contribution in [3.8, 4) is 5.75 Å². The minimum absolute atomic E-state index is 0.420. The van der Waals surface area contributed by atoms with Crippen LogP contribution in [-0.4, -0.2) is 18.0 Å². The second-order valence-corrected chi connectivity index (χ2v) is 5.02. The predicted octanol–water partition coefficient (Wildman–Crippen LogP) is 2.56. The average molecular weight is 336 g/mol. The maximum absolute atomic E-state index is 11.1. The first-order valence-electron chi connectivity index (χ1n) is 5.92. The number of hydrogen-bond donors (Lipinski definition) is 2. The number of anilines is 1. The summed E-state index contributed by atoms with van der Waals surface area (Å²) in [7, 11) is 1.62. The molecule has 1 amide bonds. The highest BCUT2D eigenvalue weighted by atomic mass is 79.9. The number of nitrogens with two attached hydrogens (primary N) is 1. The summed E-state index contributed by atoms with van der Waals surface area (Å²) < 4.78 is 6.26. The van der Waals surface area contributed by atoms with Crippen molar-refractivity contribution >= 4 is 27.7 Å². The van der Waals surface area contributed by atoms with Gasteiger partial charge in [-0.1, -0.05) is 15.9 Å². The standard InChI is InChI=1S/C14H14BrN3O2/c1-20-12-3-2-11(15)6-10(12)8-18-13-7-9(14(16)19)4-5-17-13/h2-7H,8H2,1H3,(H2,16,19)(H,17,18). The van der Waals surface area contributed by atoms with E-state index in [-0.39, 0.29) is 0 Å². The molecule has 2 rings (SSSR count). The number of methoxy groups -OCH3 is 1. The van der Waals surface area contributed by atoms with Gasteiger partial charge in [0, 0.05) is 28.3 Å². The van der Waals surface area contributed by atoms with Gasteiger partial charge in [-0.3, -0.25) is 4.79 Å². The van der Waals surface area contributed by atoms with Gasteiger partial charge in [-0.2, -0.15) is 0 Å². The molecule has 104 valence electrons. The summed E-state index contributed by atoms with van der Waals surface area (Å²) in [4.78, 5) is 15.3. The Balaban J connectivity index is 2.14. The Morgan fingerprint density at radius 3 is 2.90 bits per heavy atom. The number of ether oxygens (including phenoxy) is 1. The van der Waals surface area contributed by atoms with Gasteiger partial charge in [0.25, 0.3) is 0 Å². The lowest BCUT2D eigenvalue weighted by molar-refractivity contribution is 0.1000. The topological polar surface area (TPSA) is 77.2 Å². The van der Waals surface area contributed by atoms with Gasteiger partial charge >= 0.3 is 0 Å². The molecule has 3 N–H and O–H groups in total. The Kier molecular flexibility index (Phi) is 4.57. The summed E-state index contributed by atoms with van der Waals surface area (Å²) in [5, 5.41) is 3.14. The molecule has 1 aromatic heterocycles. The van der Waals surface area contributed by atoms with Crippen molar-refractivity contribution in [2.24, 2.45) is 5.73 Å². The molecule has 0 aliphatic rings. The smallest absolute Gasteiger partial charge is 0.248 e. The Hall–Kier alpha value is -2.08. The van der Waals surface area contributed by atoms with Crippen molar-refractivity contribution in [3.05, 3.63) is 52.1 Å². The molecule has 0 unspecified atom stereocenters. The number of benzene rings is 1. The molecule has 0 spiro atoms. The van der Waals surface area contributed by atoms with Gasteiger partial charge in [0.15, 0.2) is 0 Å². The molecule has 0 atom stereocenters. The fraction of sp³-hybridized carbons (Fsp3) is 0.143. The van der Waals surface area contributed by atoms with Crippen LogP contribution in [0.2, 0.25) is 0 Å². The Labute approximate surface area is 125 Å². The number of aromatic nitrogens is 1. The molecule has 20 heavy (non-hydrogen) atoms. The maximum atomic E-state index is 11.1. The largest absolute Gasteiger partial charge is 0.496 e. The lowest BCUT2D eigenvalue weighted by Crippen LogP contribution is -2.12. The highest BCUT2D eigenvalue weighted by Crippen LogP contribution is 2.23. The van der Waals surface area contributed by atoms with Crippen LogP contribution in [0.1, 0.15) is 15.9 Å². The van der Waals surface area contributed by atoms with Crippen molar-refractivity contribution in [2.45, 2.75) is 6.54 Å². The van der Waals surface area contributed by atoms with Crippen LogP contribution in [0.15, 0.2) is 41.0 Å². The van der Waals surface area contributed by atoms with E-state index in [9.17, 15) is 4.79 Å². The average Bonchev–Trinajstić information content (AvgIpc) is 2.45. The quantitative estimate of drug-likeness (QED) is 0.880. The van der Waals surface area contributed by atoms with E-state index in [1.54, 1.807) is 25.4 Å². The molecule has 0 bridgehead atoms. The van der Waals surface area contributed by atoms with E-state index in [4.69, 9.17) is 10.5 Å². The Morgan fingerprint density at radius 1 is 1.40 bits per heavy atom. The number of halogens is 1. The molecule has 0 aliphatic carbocycles. The van der Waals surface area contributed by atoms with E-state index >= 15 is 0 Å². The van der Waals surface area contributed by atoms with Gasteiger partial charge in [-0.05, 0) is 30.3 Å². The zero-order chi connectivity index (χ0) is 14.5. The van der Waals surface area contributed by atoms with E-state index < -0.39 is 5.91 Å². The monoisotopic (exact) mass is 335 g/mol. The van der Waals surface area contributed by atoms with Crippen molar-refractivity contribution in [2.75, 3.05) is 12.4 Å². The highest BCUT2D eigenvalue weighted by Gasteiger charge is 2.06. The summed E-state index contributed by atoms with van der Waals surface area (Å²) >= 11 is 3.42. The number of rotatable bonds is 5. The van der Waals surface area contributed by atoms with Crippen LogP contribution in [0.4, 0.5) is 5.82 Å². The molecule has 0 saturated carbocycles. The van der Waals surface area contributed by atoms with Gasteiger partial charge in [0.2, 0.25) is 5.91 Å². The summed E-state index contributed by atoms with van der Waals surface area (Å²) in [6.45, 7) is 0.526. The molecule has 5 nitrogen and oxygen atoms in total. The van der Waals surface area contributed by atoms with Gasteiger partial charge < -0.3 is 15.8 Å². The first-order chi connectivity index (χ1) is 9.60. The van der Waals surface area contributed by atoms with Gasteiger partial charge in [-0.15, -0.1) is 0 Å². The number of nitrogens with one attached hydrogen (secondary N) is 1. The minimum Gasteiger partial charge on any atom is -0.496 e. The number of carbonyl (C=O) groups excluding carboxylic acids is 1. The molecular formula is C14H14BrN3O2. The number of pyridine rings is 1. The summed E-state index contributed by atoms with van der Waals surface area (Å²) in [6, 6.07) is 8.95. The van der Waals surface area contributed by atoms with Crippen LogP contribution in [0, 0.1) is 0 Å². The summed E-state index contributed by atoms with van der Waals surface area (Å²) in [5.74, 6) is 0.894. The van der Waals surface area contributed by atoms with Gasteiger partial charge in [0.1, 0.15) is 11.6 Å². The third kappa shape index (κ3) is 3.48. The summed E-state index contributed by atoms with van der Waals surface area (Å²) in [5.41, 5.74) is 6.63. The minimum atomic E-state index is -0.476. The van der Waals surface area contributed by atoms with E-state index in [0.29, 0.717) is 17.9 Å². The molecular weight excluding hydrogens is 322 g/mol. The zero-order valence-corrected chi connectivity index (χ0v) is 12.5. The van der Waals surface area contributed by atoms with Crippen molar-refractivity contribution in [1.29, 1.82) is 0 Å². The van der Waals surface area contributed by atoms with Crippen LogP contribution in [0.5, 0.6) is 5.75 Å². The van der Waals surface area contributed by atoms with E-state index in [1.807, 2.05) is 18.2 Å². The first-order valence-corrected chi connectivity index (χ1v) is 6.71. The van der Waals surface area contributed by atoms with Crippen LogP contribution < -0.4 is 15.8 Å². The third-order valence-electron chi connectivity index (χ3n) is 2.75. The number of nitrogens with zero attached hydrogens (tertiary/aromatic N) is 1. The Morgan fingerprint density at radius 2 is 2.20 bits per heavy atom. The third-order valence-corrected chi connectivity index (χ3v) is 3.24. The SMILES string of the molecule is COc1ccc(Br)cc1CNc1cc(C(N)=O)ccn1. The number of primary amides is 1. The van der Waals surface area contributed by atoms with Crippen LogP contribution in [0.3, 0.4) is 0 Å². The second-order valence-electron chi connectivity index (χ2n) is 4.10. The lowest BCUT2D eigenvalue weighted by atomic mass is 10.2. The van der Waals surface area contributed by atoms with Gasteiger partial charge in [0.05, 0.1) is 7.11 Å². The van der Waals surface area contributed by atoms with E-state index in [2.05, 4.69) is 26.2 Å². The molecule has 0 saturated heterocycles. The number of carbonyl (C=O) groups is 1. The van der Waals surface area contributed by atoms with Crippen LogP contribution >= 0.6 is 15.9 Å². The Bertz CT molecular complexity index is 632.